The highest BCUT2D eigenvalue weighted by molar-refractivity contribution is 5.96. The Kier molecular flexibility index (Phi) is 8.08. The molecule has 156 valence electrons. The molecule has 0 spiro atoms. The summed E-state index contributed by atoms with van der Waals surface area (Å²) in [7, 11) is 0. The van der Waals surface area contributed by atoms with Crippen LogP contribution in [-0.4, -0.2) is 44.9 Å². The first-order valence-electron chi connectivity index (χ1n) is 8.78. The van der Waals surface area contributed by atoms with Crippen LogP contribution in [0.15, 0.2) is 9.59 Å². The predicted molar refractivity (Wildman–Crippen MR) is 97.4 cm³/mol. The Morgan fingerprint density at radius 3 is 2.00 bits per heavy atom. The van der Waals surface area contributed by atoms with E-state index in [0.717, 1.165) is 0 Å². The average molecular weight is 400 g/mol. The van der Waals surface area contributed by atoms with Gasteiger partial charge in [0.15, 0.2) is 0 Å². The SMILES string of the molecule is CC(C)C[C@H](NC(=O)[C@H](CC(C)C)NC(=O)c1[nH]c(=O)[nH]c(=O)c1F)C(=O)O. The summed E-state index contributed by atoms with van der Waals surface area (Å²) in [6.45, 7) is 7.12. The Bertz CT molecular complexity index is 845. The smallest absolute Gasteiger partial charge is 0.326 e. The van der Waals surface area contributed by atoms with Gasteiger partial charge < -0.3 is 20.7 Å². The molecule has 0 radical (unpaired) electrons. The van der Waals surface area contributed by atoms with Crippen molar-refractivity contribution in [2.24, 2.45) is 11.8 Å². The summed E-state index contributed by atoms with van der Waals surface area (Å²) in [4.78, 5) is 62.3. The number of H-pyrrole nitrogens is 2. The van der Waals surface area contributed by atoms with E-state index in [-0.39, 0.29) is 24.7 Å². The normalized spacial score (nSPS) is 13.2. The summed E-state index contributed by atoms with van der Waals surface area (Å²) >= 11 is 0. The van der Waals surface area contributed by atoms with Crippen LogP contribution in [0.25, 0.3) is 0 Å². The molecule has 0 aromatic carbocycles. The Hall–Kier alpha value is -2.98. The average Bonchev–Trinajstić information content (AvgIpc) is 2.55. The lowest BCUT2D eigenvalue weighted by Gasteiger charge is -2.23. The number of aromatic amines is 2. The summed E-state index contributed by atoms with van der Waals surface area (Å²) in [6.07, 6.45) is 0.306. The van der Waals surface area contributed by atoms with Gasteiger partial charge in [-0.3, -0.25) is 19.4 Å². The first-order valence-corrected chi connectivity index (χ1v) is 8.78. The zero-order valence-electron chi connectivity index (χ0n) is 16.1. The number of amides is 2. The van der Waals surface area contributed by atoms with Crippen molar-refractivity contribution in [2.75, 3.05) is 0 Å². The number of nitrogens with one attached hydrogen (secondary N) is 4. The maximum absolute atomic E-state index is 13.9. The van der Waals surface area contributed by atoms with Gasteiger partial charge in [-0.25, -0.2) is 9.59 Å². The number of hydrogen-bond donors (Lipinski definition) is 5. The van der Waals surface area contributed by atoms with E-state index in [1.54, 1.807) is 32.7 Å². The number of aromatic nitrogens is 2. The largest absolute Gasteiger partial charge is 0.480 e. The summed E-state index contributed by atoms with van der Waals surface area (Å²) in [5.74, 6) is -4.73. The molecule has 0 unspecified atom stereocenters. The number of carboxylic acids is 1. The quantitative estimate of drug-likeness (QED) is 0.391. The van der Waals surface area contributed by atoms with Gasteiger partial charge in [0.25, 0.3) is 11.5 Å². The van der Waals surface area contributed by atoms with Crippen LogP contribution in [0, 0.1) is 17.7 Å². The number of carbonyl (C=O) groups excluding carboxylic acids is 2. The second-order valence-corrected chi connectivity index (χ2v) is 7.28. The van der Waals surface area contributed by atoms with E-state index in [1.165, 1.54) is 0 Å². The molecule has 0 aliphatic heterocycles. The summed E-state index contributed by atoms with van der Waals surface area (Å²) in [6, 6.07) is -2.35. The van der Waals surface area contributed by atoms with E-state index in [1.807, 2.05) is 4.98 Å². The summed E-state index contributed by atoms with van der Waals surface area (Å²) in [5, 5.41) is 13.9. The number of carbonyl (C=O) groups is 3. The fourth-order valence-corrected chi connectivity index (χ4v) is 2.53. The number of halogens is 1. The molecule has 2 amide bonds. The third kappa shape index (κ3) is 6.63. The van der Waals surface area contributed by atoms with E-state index in [2.05, 4.69) is 10.6 Å². The van der Waals surface area contributed by atoms with Crippen molar-refractivity contribution in [3.05, 3.63) is 32.3 Å². The van der Waals surface area contributed by atoms with E-state index in [9.17, 15) is 33.5 Å². The van der Waals surface area contributed by atoms with Crippen molar-refractivity contribution >= 4 is 17.8 Å². The second kappa shape index (κ2) is 9.81. The maximum Gasteiger partial charge on any atom is 0.326 e. The zero-order valence-corrected chi connectivity index (χ0v) is 16.1. The van der Waals surface area contributed by atoms with Gasteiger partial charge in [-0.2, -0.15) is 4.39 Å². The molecule has 0 aliphatic rings. The molecular formula is C17H25FN4O6. The third-order valence-electron chi connectivity index (χ3n) is 3.76. The molecular weight excluding hydrogens is 375 g/mol. The molecule has 0 fully saturated rings. The van der Waals surface area contributed by atoms with Gasteiger partial charge in [-0.05, 0) is 24.7 Å². The molecule has 2 atom stereocenters. The van der Waals surface area contributed by atoms with Gasteiger partial charge in [0.1, 0.15) is 17.8 Å². The molecule has 5 N–H and O–H groups in total. The van der Waals surface area contributed by atoms with Crippen molar-refractivity contribution in [3.63, 3.8) is 0 Å². The van der Waals surface area contributed by atoms with Crippen LogP contribution in [0.1, 0.15) is 51.0 Å². The highest BCUT2D eigenvalue weighted by Gasteiger charge is 2.29. The first kappa shape index (κ1) is 23.1. The Balaban J connectivity index is 3.06. The standard InChI is InChI=1S/C17H25FN4O6/c1-7(2)5-9(13(23)20-10(16(26)27)6-8(3)4)19-15(25)12-11(18)14(24)22-17(28)21-12/h7-10H,5-6H2,1-4H3,(H,19,25)(H,20,23)(H,26,27)(H2,21,22,24,28)/t9-,10-/m0/s1. The zero-order chi connectivity index (χ0) is 21.6. The highest BCUT2D eigenvalue weighted by atomic mass is 19.1. The van der Waals surface area contributed by atoms with E-state index < -0.39 is 52.6 Å². The molecule has 1 aromatic rings. The Labute approximate surface area is 159 Å². The van der Waals surface area contributed by atoms with Crippen molar-refractivity contribution in [1.82, 2.24) is 20.6 Å². The minimum absolute atomic E-state index is 0.00486. The minimum Gasteiger partial charge on any atom is -0.480 e. The number of carboxylic acid groups (broad SMARTS) is 1. The lowest BCUT2D eigenvalue weighted by molar-refractivity contribution is -0.142. The van der Waals surface area contributed by atoms with Gasteiger partial charge in [0.05, 0.1) is 0 Å². The van der Waals surface area contributed by atoms with Crippen molar-refractivity contribution in [3.8, 4) is 0 Å². The van der Waals surface area contributed by atoms with E-state index >= 15 is 0 Å². The van der Waals surface area contributed by atoms with Crippen LogP contribution in [0.2, 0.25) is 0 Å². The van der Waals surface area contributed by atoms with Crippen LogP contribution in [0.3, 0.4) is 0 Å². The number of aliphatic carboxylic acids is 1. The van der Waals surface area contributed by atoms with Gasteiger partial charge in [0, 0.05) is 0 Å². The molecule has 1 aromatic heterocycles. The monoisotopic (exact) mass is 400 g/mol. The topological polar surface area (TPSA) is 161 Å². The highest BCUT2D eigenvalue weighted by Crippen LogP contribution is 2.09. The van der Waals surface area contributed by atoms with Crippen LogP contribution in [0.5, 0.6) is 0 Å². The first-order chi connectivity index (χ1) is 12.9. The Morgan fingerprint density at radius 2 is 1.50 bits per heavy atom. The molecule has 0 saturated carbocycles. The minimum atomic E-state index is -1.50. The third-order valence-corrected chi connectivity index (χ3v) is 3.76. The summed E-state index contributed by atoms with van der Waals surface area (Å²) in [5.41, 5.74) is -3.36. The van der Waals surface area contributed by atoms with Crippen LogP contribution in [0.4, 0.5) is 4.39 Å². The van der Waals surface area contributed by atoms with Gasteiger partial charge in [-0.1, -0.05) is 27.7 Å². The molecule has 0 saturated heterocycles. The van der Waals surface area contributed by atoms with E-state index in [4.69, 9.17) is 0 Å². The van der Waals surface area contributed by atoms with Crippen molar-refractivity contribution in [2.45, 2.75) is 52.6 Å². The predicted octanol–water partition coefficient (Wildman–Crippen LogP) is -0.0377. The van der Waals surface area contributed by atoms with Gasteiger partial charge in [0.2, 0.25) is 11.7 Å². The van der Waals surface area contributed by atoms with Crippen LogP contribution in [-0.2, 0) is 9.59 Å². The molecule has 28 heavy (non-hydrogen) atoms. The molecule has 1 heterocycles. The number of hydrogen-bond acceptors (Lipinski definition) is 5. The van der Waals surface area contributed by atoms with Gasteiger partial charge >= 0.3 is 11.7 Å². The molecule has 0 aliphatic carbocycles. The lowest BCUT2D eigenvalue weighted by Crippen LogP contribution is -2.52. The van der Waals surface area contributed by atoms with Crippen molar-refractivity contribution < 1.29 is 23.9 Å². The lowest BCUT2D eigenvalue weighted by atomic mass is 10.0. The fourth-order valence-electron chi connectivity index (χ4n) is 2.53. The van der Waals surface area contributed by atoms with Crippen LogP contribution < -0.4 is 21.9 Å². The Morgan fingerprint density at radius 1 is 0.964 bits per heavy atom. The fraction of sp³-hybridized carbons (Fsp3) is 0.588. The summed E-state index contributed by atoms with van der Waals surface area (Å²) < 4.78 is 13.9. The molecule has 1 rings (SSSR count). The maximum atomic E-state index is 13.9. The number of rotatable bonds is 9. The van der Waals surface area contributed by atoms with Crippen molar-refractivity contribution in [1.29, 1.82) is 0 Å². The second-order valence-electron chi connectivity index (χ2n) is 7.28. The van der Waals surface area contributed by atoms with Gasteiger partial charge in [-0.15, -0.1) is 0 Å². The van der Waals surface area contributed by atoms with E-state index in [0.29, 0.717) is 0 Å². The molecule has 0 bridgehead atoms. The molecule has 10 nitrogen and oxygen atoms in total. The van der Waals surface area contributed by atoms with Crippen LogP contribution >= 0.6 is 0 Å². The molecule has 11 heteroatoms.